The number of nitrogens with one attached hydrogen (secondary N) is 1. The number of halogens is 3. The molecule has 1 amide bonds. The molecular weight excluding hydrogens is 289 g/mol. The van der Waals surface area contributed by atoms with E-state index in [1.165, 1.54) is 4.90 Å². The lowest BCUT2D eigenvalue weighted by molar-refractivity contribution is -0.117. The van der Waals surface area contributed by atoms with Crippen LogP contribution in [0.2, 0.25) is 0 Å². The van der Waals surface area contributed by atoms with E-state index < -0.39 is 29.0 Å². The lowest BCUT2D eigenvalue weighted by Gasteiger charge is -2.14. The SMILES string of the molecule is CN(CC(=O)Nc1ccc(F)c(F)c1F)Cc1ncon1. The highest BCUT2D eigenvalue weighted by atomic mass is 19.2. The summed E-state index contributed by atoms with van der Waals surface area (Å²) < 4.78 is 43.7. The third-order valence-corrected chi connectivity index (χ3v) is 2.54. The summed E-state index contributed by atoms with van der Waals surface area (Å²) in [4.78, 5) is 17.0. The molecule has 2 aromatic rings. The smallest absolute Gasteiger partial charge is 0.238 e. The van der Waals surface area contributed by atoms with Crippen LogP contribution in [0.25, 0.3) is 0 Å². The summed E-state index contributed by atoms with van der Waals surface area (Å²) in [5.74, 6) is -4.60. The third-order valence-electron chi connectivity index (χ3n) is 2.54. The van der Waals surface area contributed by atoms with Crippen LogP contribution in [0.4, 0.5) is 18.9 Å². The zero-order chi connectivity index (χ0) is 15.4. The highest BCUT2D eigenvalue weighted by Crippen LogP contribution is 2.19. The van der Waals surface area contributed by atoms with E-state index in [2.05, 4.69) is 20.0 Å². The first kappa shape index (κ1) is 15.0. The Hall–Kier alpha value is -2.42. The number of anilines is 1. The Morgan fingerprint density at radius 3 is 2.76 bits per heavy atom. The van der Waals surface area contributed by atoms with Crippen LogP contribution in [0.15, 0.2) is 23.0 Å². The van der Waals surface area contributed by atoms with Gasteiger partial charge in [0.15, 0.2) is 23.3 Å². The first-order valence-corrected chi connectivity index (χ1v) is 5.84. The minimum Gasteiger partial charge on any atom is -0.343 e. The summed E-state index contributed by atoms with van der Waals surface area (Å²) in [6.45, 7) is 0.122. The first-order chi connectivity index (χ1) is 9.97. The van der Waals surface area contributed by atoms with Gasteiger partial charge in [0, 0.05) is 0 Å². The van der Waals surface area contributed by atoms with Crippen LogP contribution in [-0.2, 0) is 11.3 Å². The fourth-order valence-corrected chi connectivity index (χ4v) is 1.62. The van der Waals surface area contributed by atoms with Gasteiger partial charge in [-0.1, -0.05) is 5.16 Å². The largest absolute Gasteiger partial charge is 0.343 e. The number of likely N-dealkylation sites (N-methyl/N-ethyl adjacent to an activating group) is 1. The van der Waals surface area contributed by atoms with Gasteiger partial charge in [0.25, 0.3) is 0 Å². The van der Waals surface area contributed by atoms with E-state index in [9.17, 15) is 18.0 Å². The van der Waals surface area contributed by atoms with Crippen LogP contribution >= 0.6 is 0 Å². The molecule has 0 aliphatic carbocycles. The minimum absolute atomic E-state index is 0.118. The Kier molecular flexibility index (Phi) is 4.53. The van der Waals surface area contributed by atoms with Crippen molar-refractivity contribution >= 4 is 11.6 Å². The molecule has 0 spiro atoms. The fourth-order valence-electron chi connectivity index (χ4n) is 1.62. The number of aromatic nitrogens is 2. The summed E-state index contributed by atoms with van der Waals surface area (Å²) in [6.07, 6.45) is 1.15. The molecule has 1 heterocycles. The van der Waals surface area contributed by atoms with Gasteiger partial charge in [-0.3, -0.25) is 9.69 Å². The fraction of sp³-hybridized carbons (Fsp3) is 0.250. The molecule has 0 fully saturated rings. The van der Waals surface area contributed by atoms with E-state index in [4.69, 9.17) is 0 Å². The van der Waals surface area contributed by atoms with Crippen LogP contribution in [-0.4, -0.2) is 34.5 Å². The van der Waals surface area contributed by atoms with Crippen molar-refractivity contribution in [2.75, 3.05) is 18.9 Å². The summed E-state index contributed by atoms with van der Waals surface area (Å²) in [7, 11) is 1.61. The molecule has 1 aromatic carbocycles. The molecule has 0 saturated carbocycles. The molecule has 0 aliphatic heterocycles. The predicted octanol–water partition coefficient (Wildman–Crippen LogP) is 1.56. The average Bonchev–Trinajstić information content (AvgIpc) is 2.92. The molecule has 1 N–H and O–H groups in total. The van der Waals surface area contributed by atoms with E-state index in [-0.39, 0.29) is 13.1 Å². The summed E-state index contributed by atoms with van der Waals surface area (Å²) >= 11 is 0. The van der Waals surface area contributed by atoms with Crippen LogP contribution < -0.4 is 5.32 Å². The highest BCUT2D eigenvalue weighted by Gasteiger charge is 2.16. The molecule has 2 rings (SSSR count). The Balaban J connectivity index is 1.94. The first-order valence-electron chi connectivity index (χ1n) is 5.84. The number of carbonyl (C=O) groups excluding carboxylic acids is 1. The maximum Gasteiger partial charge on any atom is 0.238 e. The molecule has 0 unspecified atom stereocenters. The highest BCUT2D eigenvalue weighted by molar-refractivity contribution is 5.92. The van der Waals surface area contributed by atoms with Crippen molar-refractivity contribution in [3.63, 3.8) is 0 Å². The average molecular weight is 300 g/mol. The summed E-state index contributed by atoms with van der Waals surface area (Å²) in [6, 6.07) is 1.68. The van der Waals surface area contributed by atoms with Crippen LogP contribution in [0.1, 0.15) is 5.82 Å². The van der Waals surface area contributed by atoms with Crippen molar-refractivity contribution in [3.8, 4) is 0 Å². The van der Waals surface area contributed by atoms with Crippen molar-refractivity contribution in [2.24, 2.45) is 0 Å². The second-order valence-electron chi connectivity index (χ2n) is 4.29. The second kappa shape index (κ2) is 6.35. The van der Waals surface area contributed by atoms with Crippen LogP contribution in [0.5, 0.6) is 0 Å². The van der Waals surface area contributed by atoms with E-state index >= 15 is 0 Å². The van der Waals surface area contributed by atoms with Gasteiger partial charge in [0.2, 0.25) is 12.3 Å². The molecule has 0 saturated heterocycles. The van der Waals surface area contributed by atoms with E-state index in [0.717, 1.165) is 18.5 Å². The predicted molar refractivity (Wildman–Crippen MR) is 65.6 cm³/mol. The quantitative estimate of drug-likeness (QED) is 0.848. The minimum atomic E-state index is -1.63. The molecule has 0 aliphatic rings. The number of nitrogens with zero attached hydrogens (tertiary/aromatic N) is 3. The van der Waals surface area contributed by atoms with Crippen molar-refractivity contribution < 1.29 is 22.5 Å². The van der Waals surface area contributed by atoms with E-state index in [0.29, 0.717) is 5.82 Å². The summed E-state index contributed by atoms with van der Waals surface area (Å²) in [5, 5.41) is 5.73. The third kappa shape index (κ3) is 3.78. The molecule has 1 aromatic heterocycles. The molecule has 0 bridgehead atoms. The van der Waals surface area contributed by atoms with Crippen LogP contribution in [0, 0.1) is 17.5 Å². The number of rotatable bonds is 5. The normalized spacial score (nSPS) is 10.9. The van der Waals surface area contributed by atoms with Crippen molar-refractivity contribution in [1.82, 2.24) is 15.0 Å². The maximum atomic E-state index is 13.4. The number of carbonyl (C=O) groups is 1. The van der Waals surface area contributed by atoms with E-state index in [1.807, 2.05) is 0 Å². The monoisotopic (exact) mass is 300 g/mol. The van der Waals surface area contributed by atoms with Crippen molar-refractivity contribution in [2.45, 2.75) is 6.54 Å². The van der Waals surface area contributed by atoms with Crippen molar-refractivity contribution in [3.05, 3.63) is 41.8 Å². The number of amides is 1. The van der Waals surface area contributed by atoms with E-state index in [1.54, 1.807) is 7.05 Å². The Morgan fingerprint density at radius 2 is 2.10 bits per heavy atom. The molecule has 112 valence electrons. The zero-order valence-corrected chi connectivity index (χ0v) is 10.9. The molecule has 9 heteroatoms. The molecular formula is C12H11F3N4O2. The lowest BCUT2D eigenvalue weighted by atomic mass is 10.2. The number of benzene rings is 1. The molecule has 21 heavy (non-hydrogen) atoms. The van der Waals surface area contributed by atoms with Gasteiger partial charge in [-0.05, 0) is 19.2 Å². The van der Waals surface area contributed by atoms with Gasteiger partial charge in [0.1, 0.15) is 0 Å². The van der Waals surface area contributed by atoms with Crippen molar-refractivity contribution in [1.29, 1.82) is 0 Å². The molecule has 6 nitrogen and oxygen atoms in total. The Bertz CT molecular complexity index is 634. The van der Waals surface area contributed by atoms with Gasteiger partial charge < -0.3 is 9.84 Å². The molecule has 0 atom stereocenters. The Labute approximate surface area is 117 Å². The topological polar surface area (TPSA) is 71.3 Å². The standard InChI is InChI=1S/C12H11F3N4O2/c1-19(4-9-16-6-21-18-9)5-10(20)17-8-3-2-7(13)11(14)12(8)15/h2-3,6H,4-5H2,1H3,(H,17,20). The van der Waals surface area contributed by atoms with Gasteiger partial charge in [-0.25, -0.2) is 13.2 Å². The summed E-state index contributed by atoms with van der Waals surface area (Å²) in [5.41, 5.74) is -0.424. The lowest BCUT2D eigenvalue weighted by Crippen LogP contribution is -2.30. The maximum absolute atomic E-state index is 13.4. The van der Waals surface area contributed by atoms with Gasteiger partial charge in [0.05, 0.1) is 18.8 Å². The number of hydrogen-bond donors (Lipinski definition) is 1. The zero-order valence-electron chi connectivity index (χ0n) is 10.9. The second-order valence-corrected chi connectivity index (χ2v) is 4.29. The van der Waals surface area contributed by atoms with Gasteiger partial charge in [-0.15, -0.1) is 0 Å². The molecule has 0 radical (unpaired) electrons. The Morgan fingerprint density at radius 1 is 1.33 bits per heavy atom. The van der Waals surface area contributed by atoms with Gasteiger partial charge in [-0.2, -0.15) is 4.98 Å². The number of hydrogen-bond acceptors (Lipinski definition) is 5. The van der Waals surface area contributed by atoms with Crippen LogP contribution in [0.3, 0.4) is 0 Å². The van der Waals surface area contributed by atoms with Gasteiger partial charge >= 0.3 is 0 Å².